The molecule has 17 nitrogen and oxygen atoms in total. The van der Waals surface area contributed by atoms with E-state index in [0.29, 0.717) is 42.1 Å². The number of halogens is 12. The number of benzene rings is 4. The SMILES string of the molecule is COC(=O)c1cc(N)ccn1.[2H]C([2H])([2H])Oc1c(Oc2cc(Cl)c(C([2H])([2H])[2H])c(F)c2C(=O)Nc2ccnc(C(=O)OC)c2)ccc(OC(F)(F)F)c1F.[2H]C([2H])([2H])Oc1c(Oc2cc(Cl)c(C([2H])([2H])[2H])c(F)c2C(=O)O)ccc(OC(F)(F)F)c1F. The molecule has 0 unspecified atom stereocenters. The Labute approximate surface area is 442 Å². The summed E-state index contributed by atoms with van der Waals surface area (Å²) in [5, 5.41) is 9.82. The smallest absolute Gasteiger partial charge is 0.490 e. The van der Waals surface area contributed by atoms with Gasteiger partial charge in [0.15, 0.2) is 23.0 Å². The monoisotopic (exact) mass is 1120 g/mol. The van der Waals surface area contributed by atoms with Crippen LogP contribution in [-0.2, 0) is 9.47 Å². The van der Waals surface area contributed by atoms with Gasteiger partial charge in [-0.05, 0) is 62.2 Å². The second-order valence-electron chi connectivity index (χ2n) is 13.4. The number of nitrogens with two attached hydrogens (primary N) is 1. The molecule has 0 atom stereocenters. The number of rotatable bonds is 13. The lowest BCUT2D eigenvalue weighted by molar-refractivity contribution is -0.276. The Morgan fingerprint density at radius 3 is 1.45 bits per heavy atom. The van der Waals surface area contributed by atoms with E-state index < -0.39 is 166 Å². The normalized spacial score (nSPS) is 13.9. The summed E-state index contributed by atoms with van der Waals surface area (Å²) in [4.78, 5) is 54.9. The lowest BCUT2D eigenvalue weighted by Gasteiger charge is -2.18. The first-order valence-corrected chi connectivity index (χ1v) is 19.9. The summed E-state index contributed by atoms with van der Waals surface area (Å²) in [6.07, 6.45) is -8.26. The number of esters is 2. The lowest BCUT2D eigenvalue weighted by Crippen LogP contribution is -2.18. The van der Waals surface area contributed by atoms with E-state index >= 15 is 4.39 Å². The number of aromatic carboxylic acids is 1. The molecule has 1 amide bonds. The van der Waals surface area contributed by atoms with Gasteiger partial charge in [0.05, 0.1) is 46.6 Å². The van der Waals surface area contributed by atoms with Crippen molar-refractivity contribution in [1.82, 2.24) is 9.97 Å². The Morgan fingerprint density at radius 1 is 0.613 bits per heavy atom. The van der Waals surface area contributed by atoms with Crippen molar-refractivity contribution in [2.75, 3.05) is 39.3 Å². The van der Waals surface area contributed by atoms with E-state index in [-0.39, 0.29) is 17.1 Å². The third-order valence-electron chi connectivity index (χ3n) is 8.54. The molecule has 0 aliphatic rings. The summed E-state index contributed by atoms with van der Waals surface area (Å²) in [6, 6.07) is 8.16. The zero-order valence-corrected chi connectivity index (χ0v) is 38.3. The maximum atomic E-state index is 15.7. The van der Waals surface area contributed by atoms with Crippen molar-refractivity contribution in [3.05, 3.63) is 140 Å². The summed E-state index contributed by atoms with van der Waals surface area (Å²) in [6.45, 7) is -6.43. The van der Waals surface area contributed by atoms with Crippen LogP contribution in [-0.4, -0.2) is 79.9 Å². The molecule has 0 fully saturated rings. The highest BCUT2D eigenvalue weighted by molar-refractivity contribution is 6.32. The fourth-order valence-electron chi connectivity index (χ4n) is 5.38. The van der Waals surface area contributed by atoms with Crippen molar-refractivity contribution >= 4 is 58.4 Å². The predicted molar refractivity (Wildman–Crippen MR) is 242 cm³/mol. The molecule has 29 heteroatoms. The van der Waals surface area contributed by atoms with Gasteiger partial charge in [0.1, 0.15) is 45.6 Å². The van der Waals surface area contributed by atoms with Crippen molar-refractivity contribution in [2.24, 2.45) is 0 Å². The Kier molecular flexibility index (Phi) is 14.3. The molecule has 400 valence electrons. The average molecular weight is 1120 g/mol. The molecule has 6 aromatic rings. The molecular weight excluding hydrogens is 1080 g/mol. The highest BCUT2D eigenvalue weighted by atomic mass is 35.5. The van der Waals surface area contributed by atoms with Crippen LogP contribution in [0.2, 0.25) is 10.0 Å². The lowest BCUT2D eigenvalue weighted by atomic mass is 10.1. The Balaban J connectivity index is 0.000000323. The fourth-order valence-corrected chi connectivity index (χ4v) is 5.75. The summed E-state index contributed by atoms with van der Waals surface area (Å²) < 4.78 is 258. The minimum atomic E-state index is -5.41. The molecule has 0 saturated heterocycles. The van der Waals surface area contributed by atoms with E-state index in [2.05, 4.69) is 43.7 Å². The van der Waals surface area contributed by atoms with Crippen LogP contribution in [0.4, 0.5) is 55.3 Å². The molecule has 2 heterocycles. The number of carbonyl (C=O) groups excluding carboxylic acids is 3. The molecule has 2 aromatic heterocycles. The number of hydrogen-bond acceptors (Lipinski definition) is 15. The van der Waals surface area contributed by atoms with Crippen LogP contribution in [0.15, 0.2) is 73.1 Å². The number of anilines is 2. The highest BCUT2D eigenvalue weighted by Crippen LogP contribution is 2.44. The van der Waals surface area contributed by atoms with Crippen molar-refractivity contribution in [3.63, 3.8) is 0 Å². The molecule has 0 radical (unpaired) electrons. The van der Waals surface area contributed by atoms with Gasteiger partial charge >= 0.3 is 30.6 Å². The number of pyridine rings is 2. The van der Waals surface area contributed by atoms with Gasteiger partial charge < -0.3 is 54.1 Å². The third kappa shape index (κ3) is 15.3. The highest BCUT2D eigenvalue weighted by Gasteiger charge is 2.35. The van der Waals surface area contributed by atoms with Crippen LogP contribution in [0.1, 0.15) is 69.3 Å². The number of nitrogens with zero attached hydrogens (tertiary/aromatic N) is 2. The van der Waals surface area contributed by atoms with Gasteiger partial charge in [-0.2, -0.15) is 8.78 Å². The summed E-state index contributed by atoms with van der Waals surface area (Å²) >= 11 is 11.7. The standard InChI is InChI=1S/C23H16ClF5N2O6.C16H10ClF5O5.C7H8N2O2/c1-10-12(24)9-16(36-15-5-4-14(37-23(27,28)29)19(26)20(15)34-2)17(18(10)25)21(32)31-11-6-7-30-13(8-11)22(33)35-3;1-6-7(17)5-10(11(12(6)18)15(23)24)26-9-4-3-8(27-16(20,21)22)13(19)14(9)25-2;1-11-7(10)6-4-5(8)2-3-9-6/h4-9H,1-3H3,(H,30,31,32);3-5H,1-2H3,(H,23,24);2-4H,1H3,(H2,8,9)/i2*1D3,2D3;. The molecule has 0 spiro atoms. The molecule has 4 aromatic carbocycles. The largest absolute Gasteiger partial charge is 0.573 e. The number of carbonyl (C=O) groups is 4. The van der Waals surface area contributed by atoms with Crippen molar-refractivity contribution in [2.45, 2.75) is 26.4 Å². The van der Waals surface area contributed by atoms with Gasteiger partial charge in [0, 0.05) is 55.3 Å². The van der Waals surface area contributed by atoms with Crippen LogP contribution in [0.5, 0.6) is 46.0 Å². The quantitative estimate of drug-likeness (QED) is 0.0722. The maximum absolute atomic E-state index is 15.7. The predicted octanol–water partition coefficient (Wildman–Crippen LogP) is 11.8. The number of hydrogen-bond donors (Lipinski definition) is 3. The molecule has 4 N–H and O–H groups in total. The number of nitrogen functional groups attached to an aromatic ring is 1. The van der Waals surface area contributed by atoms with Crippen molar-refractivity contribution in [3.8, 4) is 46.0 Å². The molecule has 0 aliphatic carbocycles. The van der Waals surface area contributed by atoms with Gasteiger partial charge in [0.2, 0.25) is 23.1 Å². The number of aromatic nitrogens is 2. The summed E-state index contributed by atoms with van der Waals surface area (Å²) in [5.41, 5.74) is 0.781. The van der Waals surface area contributed by atoms with Crippen molar-refractivity contribution < 1.29 is 123 Å². The number of nitrogens with one attached hydrogen (secondary N) is 1. The molecule has 6 rings (SSSR count). The third-order valence-corrected chi connectivity index (χ3v) is 9.14. The summed E-state index contributed by atoms with van der Waals surface area (Å²) in [5.74, 6) is -22.4. The van der Waals surface area contributed by atoms with Crippen LogP contribution in [0.3, 0.4) is 0 Å². The van der Waals surface area contributed by atoms with E-state index in [1.165, 1.54) is 19.4 Å². The van der Waals surface area contributed by atoms with Gasteiger partial charge in [-0.15, -0.1) is 26.3 Å². The van der Waals surface area contributed by atoms with Gasteiger partial charge in [0.25, 0.3) is 5.91 Å². The molecule has 0 saturated carbocycles. The van der Waals surface area contributed by atoms with Crippen molar-refractivity contribution in [1.29, 1.82) is 0 Å². The van der Waals surface area contributed by atoms with Crippen LogP contribution in [0, 0.1) is 37.0 Å². The maximum Gasteiger partial charge on any atom is 0.573 e. The fraction of sp³-hybridized carbons (Fsp3) is 0.174. The minimum absolute atomic E-state index is 0.178. The van der Waals surface area contributed by atoms with E-state index in [0.717, 1.165) is 25.4 Å². The summed E-state index contributed by atoms with van der Waals surface area (Å²) in [7, 11) is -4.55. The molecular formula is C46H34Cl2F10N4O13. The zero-order valence-electron chi connectivity index (χ0n) is 48.8. The van der Waals surface area contributed by atoms with Gasteiger partial charge in [-0.25, -0.2) is 33.1 Å². The Bertz CT molecular complexity index is 3580. The first-order chi connectivity index (χ1) is 39.8. The first-order valence-electron chi connectivity index (χ1n) is 25.1. The number of alkyl halides is 6. The van der Waals surface area contributed by atoms with E-state index in [9.17, 15) is 63.8 Å². The second-order valence-corrected chi connectivity index (χ2v) is 14.2. The van der Waals surface area contributed by atoms with Crippen LogP contribution in [0.25, 0.3) is 0 Å². The molecule has 0 aliphatic heterocycles. The number of ether oxygens (including phenoxy) is 8. The van der Waals surface area contributed by atoms with E-state index in [4.69, 9.17) is 54.9 Å². The number of amides is 1. The van der Waals surface area contributed by atoms with Crippen LogP contribution < -0.4 is 39.5 Å². The first kappa shape index (κ1) is 43.0. The van der Waals surface area contributed by atoms with E-state index in [1.54, 1.807) is 6.07 Å². The second kappa shape index (κ2) is 25.0. The molecule has 75 heavy (non-hydrogen) atoms. The van der Waals surface area contributed by atoms with E-state index in [1.807, 2.05) is 0 Å². The number of methoxy groups -OCH3 is 4. The number of carboxylic acids is 1. The minimum Gasteiger partial charge on any atom is -0.490 e. The van der Waals surface area contributed by atoms with Crippen LogP contribution >= 0.6 is 23.2 Å². The topological polar surface area (TPSA) is 226 Å². The Hall–Kier alpha value is -8.46. The molecule has 0 bridgehead atoms. The number of carboxylic acid groups (broad SMARTS) is 1. The average Bonchev–Trinajstić information content (AvgIpc) is 0.911. The Morgan fingerprint density at radius 2 is 1.04 bits per heavy atom. The zero-order chi connectivity index (χ0) is 66.3. The van der Waals surface area contributed by atoms with Gasteiger partial charge in [-0.3, -0.25) is 4.79 Å². The van der Waals surface area contributed by atoms with Gasteiger partial charge in [-0.1, -0.05) is 23.2 Å².